The summed E-state index contributed by atoms with van der Waals surface area (Å²) >= 11 is 0. The molecule has 18 heavy (non-hydrogen) atoms. The van der Waals surface area contributed by atoms with E-state index in [1.165, 1.54) is 5.56 Å². The summed E-state index contributed by atoms with van der Waals surface area (Å²) in [7, 11) is 0. The lowest BCUT2D eigenvalue weighted by atomic mass is 10.2. The van der Waals surface area contributed by atoms with Crippen LogP contribution in [0.5, 0.6) is 11.6 Å². The van der Waals surface area contributed by atoms with Crippen LogP contribution in [0.3, 0.4) is 0 Å². The first-order chi connectivity index (χ1) is 8.61. The van der Waals surface area contributed by atoms with Gasteiger partial charge in [0.05, 0.1) is 5.69 Å². The maximum atomic E-state index is 6.00. The molecule has 0 aliphatic heterocycles. The molecule has 1 heterocycles. The van der Waals surface area contributed by atoms with Crippen LogP contribution >= 0.6 is 0 Å². The molecule has 0 unspecified atom stereocenters. The Balaban J connectivity index is 2.30. The third kappa shape index (κ3) is 2.47. The number of nitrogens with zero attached hydrogens (tertiary/aromatic N) is 2. The highest BCUT2D eigenvalue weighted by molar-refractivity contribution is 5.54. The highest BCUT2D eigenvalue weighted by Crippen LogP contribution is 2.30. The smallest absolute Gasteiger partial charge is 0.241 e. The van der Waals surface area contributed by atoms with E-state index in [0.29, 0.717) is 11.6 Å². The van der Waals surface area contributed by atoms with Gasteiger partial charge in [0, 0.05) is 6.54 Å². The van der Waals surface area contributed by atoms with E-state index in [2.05, 4.69) is 12.0 Å². The summed E-state index contributed by atoms with van der Waals surface area (Å²) < 4.78 is 7.67. The zero-order valence-electron chi connectivity index (χ0n) is 11.1. The molecule has 0 radical (unpaired) electrons. The first-order valence-electron chi connectivity index (χ1n) is 6.19. The average molecular weight is 245 g/mol. The van der Waals surface area contributed by atoms with Crippen LogP contribution in [0, 0.1) is 13.8 Å². The molecule has 0 bridgehead atoms. The van der Waals surface area contributed by atoms with Crippen LogP contribution in [0.1, 0.15) is 24.6 Å². The van der Waals surface area contributed by atoms with Crippen LogP contribution in [0.15, 0.2) is 24.3 Å². The van der Waals surface area contributed by atoms with Gasteiger partial charge in [-0.05, 0) is 32.4 Å². The summed E-state index contributed by atoms with van der Waals surface area (Å²) in [6.07, 6.45) is 0.991. The standard InChI is InChI=1S/C14H19N3O/c1-4-9-17-14(13(15)11(3)16-17)18-12-7-5-10(2)6-8-12/h5-8H,4,9,15H2,1-3H3. The molecule has 2 N–H and O–H groups in total. The van der Waals surface area contributed by atoms with Crippen LogP contribution in [0.25, 0.3) is 0 Å². The monoisotopic (exact) mass is 245 g/mol. The molecule has 0 aliphatic rings. The fourth-order valence-electron chi connectivity index (χ4n) is 1.76. The predicted octanol–water partition coefficient (Wildman–Crippen LogP) is 3.28. The Labute approximate surface area is 107 Å². The van der Waals surface area contributed by atoms with E-state index in [-0.39, 0.29) is 0 Å². The zero-order chi connectivity index (χ0) is 13.1. The highest BCUT2D eigenvalue weighted by Gasteiger charge is 2.14. The number of nitrogens with two attached hydrogens (primary N) is 1. The minimum atomic E-state index is 0.615. The molecule has 96 valence electrons. The molecule has 0 spiro atoms. The van der Waals surface area contributed by atoms with Crippen molar-refractivity contribution in [2.75, 3.05) is 5.73 Å². The number of rotatable bonds is 4. The van der Waals surface area contributed by atoms with Crippen molar-refractivity contribution in [2.24, 2.45) is 0 Å². The first kappa shape index (κ1) is 12.5. The van der Waals surface area contributed by atoms with Gasteiger partial charge in [-0.1, -0.05) is 24.6 Å². The maximum Gasteiger partial charge on any atom is 0.241 e. The average Bonchev–Trinajstić information content (AvgIpc) is 2.60. The first-order valence-corrected chi connectivity index (χ1v) is 6.19. The van der Waals surface area contributed by atoms with Gasteiger partial charge in [-0.15, -0.1) is 0 Å². The van der Waals surface area contributed by atoms with Crippen molar-refractivity contribution in [1.82, 2.24) is 9.78 Å². The quantitative estimate of drug-likeness (QED) is 0.899. The molecule has 4 nitrogen and oxygen atoms in total. The van der Waals surface area contributed by atoms with E-state index >= 15 is 0 Å². The Morgan fingerprint density at radius 2 is 1.89 bits per heavy atom. The summed E-state index contributed by atoms with van der Waals surface area (Å²) in [4.78, 5) is 0. The fraction of sp³-hybridized carbons (Fsp3) is 0.357. The van der Waals surface area contributed by atoms with E-state index < -0.39 is 0 Å². The van der Waals surface area contributed by atoms with E-state index in [0.717, 1.165) is 24.4 Å². The van der Waals surface area contributed by atoms with Gasteiger partial charge in [0.25, 0.3) is 0 Å². The second-order valence-corrected chi connectivity index (χ2v) is 4.44. The lowest BCUT2D eigenvalue weighted by molar-refractivity contribution is 0.410. The summed E-state index contributed by atoms with van der Waals surface area (Å²) in [6.45, 7) is 6.84. The molecule has 0 fully saturated rings. The minimum Gasteiger partial charge on any atom is -0.437 e. The molecule has 0 saturated heterocycles. The summed E-state index contributed by atoms with van der Waals surface area (Å²) in [5.41, 5.74) is 8.63. The topological polar surface area (TPSA) is 53.1 Å². The third-order valence-electron chi connectivity index (χ3n) is 2.80. The molecule has 0 aliphatic carbocycles. The Morgan fingerprint density at radius 1 is 1.22 bits per heavy atom. The van der Waals surface area contributed by atoms with Crippen LogP contribution in [0.4, 0.5) is 5.69 Å². The van der Waals surface area contributed by atoms with Crippen LogP contribution < -0.4 is 10.5 Å². The molecule has 1 aromatic carbocycles. The molecule has 2 aromatic rings. The summed E-state index contributed by atoms with van der Waals surface area (Å²) in [6, 6.07) is 7.90. The molecule has 2 rings (SSSR count). The SMILES string of the molecule is CCCn1nc(C)c(N)c1Oc1ccc(C)cc1. The van der Waals surface area contributed by atoms with Gasteiger partial charge in [-0.25, -0.2) is 4.68 Å². The largest absolute Gasteiger partial charge is 0.437 e. The van der Waals surface area contributed by atoms with Crippen molar-refractivity contribution in [2.45, 2.75) is 33.7 Å². The number of aromatic nitrogens is 2. The van der Waals surface area contributed by atoms with Crippen molar-refractivity contribution >= 4 is 5.69 Å². The number of ether oxygens (including phenoxy) is 1. The fourth-order valence-corrected chi connectivity index (χ4v) is 1.76. The van der Waals surface area contributed by atoms with Gasteiger partial charge in [-0.3, -0.25) is 0 Å². The molecule has 1 aromatic heterocycles. The van der Waals surface area contributed by atoms with Crippen molar-refractivity contribution < 1.29 is 4.74 Å². The number of hydrogen-bond donors (Lipinski definition) is 1. The molecular weight excluding hydrogens is 226 g/mol. The van der Waals surface area contributed by atoms with Gasteiger partial charge < -0.3 is 10.5 Å². The number of hydrogen-bond acceptors (Lipinski definition) is 3. The molecule has 0 atom stereocenters. The van der Waals surface area contributed by atoms with Crippen molar-refractivity contribution in [1.29, 1.82) is 0 Å². The Bertz CT molecular complexity index is 529. The van der Waals surface area contributed by atoms with Gasteiger partial charge in [0.2, 0.25) is 5.88 Å². The van der Waals surface area contributed by atoms with Crippen molar-refractivity contribution in [3.05, 3.63) is 35.5 Å². The van der Waals surface area contributed by atoms with Crippen molar-refractivity contribution in [3.8, 4) is 11.6 Å². The highest BCUT2D eigenvalue weighted by atomic mass is 16.5. The number of aryl methyl sites for hydroxylation is 3. The second kappa shape index (κ2) is 5.12. The second-order valence-electron chi connectivity index (χ2n) is 4.44. The Morgan fingerprint density at radius 3 is 2.50 bits per heavy atom. The van der Waals surface area contributed by atoms with Crippen LogP contribution in [-0.2, 0) is 6.54 Å². The van der Waals surface area contributed by atoms with Gasteiger partial charge in [0.1, 0.15) is 11.4 Å². The van der Waals surface area contributed by atoms with Crippen LogP contribution in [-0.4, -0.2) is 9.78 Å². The van der Waals surface area contributed by atoms with Gasteiger partial charge in [-0.2, -0.15) is 5.10 Å². The molecule has 4 heteroatoms. The molecule has 0 saturated carbocycles. The van der Waals surface area contributed by atoms with E-state index in [9.17, 15) is 0 Å². The zero-order valence-corrected chi connectivity index (χ0v) is 11.1. The van der Waals surface area contributed by atoms with E-state index in [4.69, 9.17) is 10.5 Å². The maximum absolute atomic E-state index is 6.00. The van der Waals surface area contributed by atoms with Gasteiger partial charge in [0.15, 0.2) is 0 Å². The lowest BCUT2D eigenvalue weighted by Crippen LogP contribution is -2.02. The van der Waals surface area contributed by atoms with Gasteiger partial charge >= 0.3 is 0 Å². The van der Waals surface area contributed by atoms with Crippen molar-refractivity contribution in [3.63, 3.8) is 0 Å². The minimum absolute atomic E-state index is 0.615. The number of benzene rings is 1. The normalized spacial score (nSPS) is 10.6. The van der Waals surface area contributed by atoms with Crippen LogP contribution in [0.2, 0.25) is 0 Å². The molecule has 0 amide bonds. The Kier molecular flexibility index (Phi) is 3.55. The Hall–Kier alpha value is -1.97. The summed E-state index contributed by atoms with van der Waals surface area (Å²) in [5.74, 6) is 1.42. The van der Waals surface area contributed by atoms with E-state index in [1.54, 1.807) is 0 Å². The number of anilines is 1. The predicted molar refractivity (Wildman–Crippen MR) is 72.9 cm³/mol. The molecular formula is C14H19N3O. The number of nitrogen functional groups attached to an aromatic ring is 1. The lowest BCUT2D eigenvalue weighted by Gasteiger charge is -2.09. The van der Waals surface area contributed by atoms with E-state index in [1.807, 2.05) is 42.8 Å². The summed E-state index contributed by atoms with van der Waals surface area (Å²) in [5, 5.41) is 4.38. The third-order valence-corrected chi connectivity index (χ3v) is 2.80.